The fraction of sp³-hybridized carbons (Fsp3) is 0.438. The number of aromatic nitrogens is 2. The molecule has 0 bridgehead atoms. The van der Waals surface area contributed by atoms with Gasteiger partial charge in [-0.25, -0.2) is 4.98 Å². The van der Waals surface area contributed by atoms with Crippen molar-refractivity contribution in [2.75, 3.05) is 18.0 Å². The van der Waals surface area contributed by atoms with Crippen LogP contribution in [-0.2, 0) is 6.54 Å². The van der Waals surface area contributed by atoms with E-state index < -0.39 is 0 Å². The minimum atomic E-state index is -0.188. The summed E-state index contributed by atoms with van der Waals surface area (Å²) in [6, 6.07) is 3.71. The molecule has 1 fully saturated rings. The third-order valence-electron chi connectivity index (χ3n) is 3.95. The second-order valence-corrected chi connectivity index (χ2v) is 6.50. The van der Waals surface area contributed by atoms with Gasteiger partial charge in [-0.15, -0.1) is 0 Å². The summed E-state index contributed by atoms with van der Waals surface area (Å²) in [6.45, 7) is 2.37. The number of pyridine rings is 1. The summed E-state index contributed by atoms with van der Waals surface area (Å²) in [6.07, 6.45) is 6.57. The van der Waals surface area contributed by atoms with E-state index in [-0.39, 0.29) is 10.8 Å². The lowest BCUT2D eigenvalue weighted by Gasteiger charge is -2.21. The summed E-state index contributed by atoms with van der Waals surface area (Å²) < 4.78 is 0. The van der Waals surface area contributed by atoms with Gasteiger partial charge < -0.3 is 15.2 Å². The predicted molar refractivity (Wildman–Crippen MR) is 91.0 cm³/mol. The molecule has 0 aromatic carbocycles. The van der Waals surface area contributed by atoms with Crippen LogP contribution in [0.3, 0.4) is 0 Å². The third kappa shape index (κ3) is 4.19. The van der Waals surface area contributed by atoms with E-state index >= 15 is 0 Å². The maximum absolute atomic E-state index is 12.1. The van der Waals surface area contributed by atoms with Crippen molar-refractivity contribution in [3.8, 4) is 0 Å². The SMILES string of the molecule is O=C(NCc1csc(=O)[nH]1)c1ccc(N2CCCCCC2)nc1. The molecule has 1 aliphatic heterocycles. The molecule has 0 spiro atoms. The van der Waals surface area contributed by atoms with Crippen molar-refractivity contribution in [2.45, 2.75) is 32.2 Å². The zero-order valence-corrected chi connectivity index (χ0v) is 13.7. The highest BCUT2D eigenvalue weighted by Crippen LogP contribution is 2.17. The van der Waals surface area contributed by atoms with Crippen LogP contribution >= 0.6 is 11.3 Å². The molecule has 0 saturated carbocycles. The topological polar surface area (TPSA) is 78.1 Å². The molecule has 3 rings (SSSR count). The van der Waals surface area contributed by atoms with Crippen molar-refractivity contribution in [1.82, 2.24) is 15.3 Å². The molecule has 1 aliphatic rings. The number of H-pyrrole nitrogens is 1. The Morgan fingerprint density at radius 2 is 2.04 bits per heavy atom. The number of carbonyl (C=O) groups is 1. The van der Waals surface area contributed by atoms with Crippen molar-refractivity contribution < 1.29 is 4.79 Å². The molecule has 0 radical (unpaired) electrons. The Hall–Kier alpha value is -2.15. The van der Waals surface area contributed by atoms with Crippen molar-refractivity contribution in [3.05, 3.63) is 44.6 Å². The summed E-state index contributed by atoms with van der Waals surface area (Å²) in [7, 11) is 0. The number of nitrogens with one attached hydrogen (secondary N) is 2. The van der Waals surface area contributed by atoms with Gasteiger partial charge in [0.05, 0.1) is 12.1 Å². The van der Waals surface area contributed by atoms with Crippen molar-refractivity contribution in [1.29, 1.82) is 0 Å². The second kappa shape index (κ2) is 7.41. The first-order valence-electron chi connectivity index (χ1n) is 7.88. The third-order valence-corrected chi connectivity index (χ3v) is 4.67. The number of aromatic amines is 1. The highest BCUT2D eigenvalue weighted by atomic mass is 32.1. The van der Waals surface area contributed by atoms with Crippen LogP contribution in [0.5, 0.6) is 0 Å². The lowest BCUT2D eigenvalue weighted by Crippen LogP contribution is -2.26. The molecule has 0 atom stereocenters. The molecule has 6 nitrogen and oxygen atoms in total. The molecular formula is C16H20N4O2S. The van der Waals surface area contributed by atoms with E-state index in [1.807, 2.05) is 6.07 Å². The monoisotopic (exact) mass is 332 g/mol. The van der Waals surface area contributed by atoms with Gasteiger partial charge in [0, 0.05) is 30.4 Å². The van der Waals surface area contributed by atoms with Gasteiger partial charge in [0.15, 0.2) is 0 Å². The minimum Gasteiger partial charge on any atom is -0.357 e. The van der Waals surface area contributed by atoms with E-state index in [1.54, 1.807) is 17.6 Å². The average molecular weight is 332 g/mol. The maximum Gasteiger partial charge on any atom is 0.304 e. The molecule has 1 amide bonds. The van der Waals surface area contributed by atoms with Crippen LogP contribution in [0.2, 0.25) is 0 Å². The Morgan fingerprint density at radius 3 is 2.65 bits per heavy atom. The van der Waals surface area contributed by atoms with Gasteiger partial charge in [0.1, 0.15) is 5.82 Å². The number of thiazole rings is 1. The zero-order chi connectivity index (χ0) is 16.1. The van der Waals surface area contributed by atoms with Crippen LogP contribution in [0.15, 0.2) is 28.5 Å². The van der Waals surface area contributed by atoms with Gasteiger partial charge in [-0.1, -0.05) is 24.2 Å². The Morgan fingerprint density at radius 1 is 1.26 bits per heavy atom. The normalized spacial score (nSPS) is 15.2. The van der Waals surface area contributed by atoms with E-state index in [4.69, 9.17) is 0 Å². The van der Waals surface area contributed by atoms with E-state index in [0.717, 1.165) is 30.2 Å². The van der Waals surface area contributed by atoms with Gasteiger partial charge in [-0.3, -0.25) is 9.59 Å². The molecule has 1 saturated heterocycles. The lowest BCUT2D eigenvalue weighted by molar-refractivity contribution is 0.0950. The summed E-state index contributed by atoms with van der Waals surface area (Å²) in [5.41, 5.74) is 1.24. The minimum absolute atomic E-state index is 0.113. The molecule has 0 unspecified atom stereocenters. The highest BCUT2D eigenvalue weighted by Gasteiger charge is 2.12. The van der Waals surface area contributed by atoms with Crippen molar-refractivity contribution >= 4 is 23.1 Å². The van der Waals surface area contributed by atoms with Crippen LogP contribution in [-0.4, -0.2) is 29.0 Å². The lowest BCUT2D eigenvalue weighted by atomic mass is 10.2. The summed E-state index contributed by atoms with van der Waals surface area (Å²) in [5, 5.41) is 4.49. The standard InChI is InChI=1S/C16H20N4O2S/c21-15(18-10-13-11-23-16(22)19-13)12-5-6-14(17-9-12)20-7-3-1-2-4-8-20/h5-6,9,11H,1-4,7-8,10H2,(H,18,21)(H,19,22). The predicted octanol–water partition coefficient (Wildman–Crippen LogP) is 2.14. The quantitative estimate of drug-likeness (QED) is 0.899. The number of hydrogen-bond acceptors (Lipinski definition) is 5. The summed E-state index contributed by atoms with van der Waals surface area (Å²) >= 11 is 1.09. The largest absolute Gasteiger partial charge is 0.357 e. The highest BCUT2D eigenvalue weighted by molar-refractivity contribution is 7.07. The average Bonchev–Trinajstić information content (AvgIpc) is 2.83. The van der Waals surface area contributed by atoms with Crippen molar-refractivity contribution in [2.24, 2.45) is 0 Å². The van der Waals surface area contributed by atoms with Crippen LogP contribution < -0.4 is 15.1 Å². The van der Waals surface area contributed by atoms with Crippen LogP contribution in [0, 0.1) is 0 Å². The molecule has 2 aromatic heterocycles. The maximum atomic E-state index is 12.1. The van der Waals surface area contributed by atoms with Crippen LogP contribution in [0.1, 0.15) is 41.7 Å². The molecule has 2 N–H and O–H groups in total. The van der Waals surface area contributed by atoms with Crippen molar-refractivity contribution in [3.63, 3.8) is 0 Å². The fourth-order valence-electron chi connectivity index (χ4n) is 2.69. The van der Waals surface area contributed by atoms with Crippen LogP contribution in [0.25, 0.3) is 0 Å². The number of nitrogens with zero attached hydrogens (tertiary/aromatic N) is 2. The van der Waals surface area contributed by atoms with E-state index in [0.29, 0.717) is 17.8 Å². The Labute approximate surface area is 138 Å². The summed E-state index contributed by atoms with van der Waals surface area (Å²) in [4.78, 5) is 32.4. The smallest absolute Gasteiger partial charge is 0.304 e. The number of amides is 1. The van der Waals surface area contributed by atoms with E-state index in [9.17, 15) is 9.59 Å². The van der Waals surface area contributed by atoms with Gasteiger partial charge in [-0.05, 0) is 25.0 Å². The van der Waals surface area contributed by atoms with E-state index in [1.165, 1.54) is 25.7 Å². The molecular weight excluding hydrogens is 312 g/mol. The first-order valence-corrected chi connectivity index (χ1v) is 8.76. The first kappa shape index (κ1) is 15.7. The molecule has 23 heavy (non-hydrogen) atoms. The molecule has 122 valence electrons. The molecule has 0 aliphatic carbocycles. The second-order valence-electron chi connectivity index (χ2n) is 5.66. The van der Waals surface area contributed by atoms with Gasteiger partial charge in [0.2, 0.25) is 0 Å². The Kier molecular flexibility index (Phi) is 5.07. The molecule has 2 aromatic rings. The summed E-state index contributed by atoms with van der Waals surface area (Å²) in [5.74, 6) is 0.748. The van der Waals surface area contributed by atoms with Gasteiger partial charge in [0.25, 0.3) is 5.91 Å². The molecule has 3 heterocycles. The fourth-order valence-corrected chi connectivity index (χ4v) is 3.27. The molecule has 7 heteroatoms. The van der Waals surface area contributed by atoms with Crippen LogP contribution in [0.4, 0.5) is 5.82 Å². The number of carbonyl (C=O) groups excluding carboxylic acids is 1. The zero-order valence-electron chi connectivity index (χ0n) is 12.9. The number of hydrogen-bond donors (Lipinski definition) is 2. The Bertz CT molecular complexity index is 699. The van der Waals surface area contributed by atoms with Gasteiger partial charge >= 0.3 is 4.87 Å². The van der Waals surface area contributed by atoms with E-state index in [2.05, 4.69) is 20.2 Å². The number of anilines is 1. The number of rotatable bonds is 4. The Balaban J connectivity index is 1.59. The van der Waals surface area contributed by atoms with Gasteiger partial charge in [-0.2, -0.15) is 0 Å². The first-order chi connectivity index (χ1) is 11.2.